The van der Waals surface area contributed by atoms with E-state index in [-0.39, 0.29) is 24.2 Å². The van der Waals surface area contributed by atoms with Gasteiger partial charge in [0.15, 0.2) is 0 Å². The third-order valence-corrected chi connectivity index (χ3v) is 4.18. The molecule has 0 aromatic heterocycles. The first-order valence-electron chi connectivity index (χ1n) is 7.55. The van der Waals surface area contributed by atoms with Crippen molar-refractivity contribution >= 4 is 5.91 Å². The Bertz CT molecular complexity index is 305. The molecule has 0 saturated carbocycles. The van der Waals surface area contributed by atoms with E-state index in [1.807, 2.05) is 0 Å². The summed E-state index contributed by atoms with van der Waals surface area (Å²) in [5.41, 5.74) is 0. The minimum Gasteiger partial charge on any atom is -0.379 e. The van der Waals surface area contributed by atoms with Gasteiger partial charge in [-0.15, -0.1) is 0 Å². The maximum absolute atomic E-state index is 12.4. The summed E-state index contributed by atoms with van der Waals surface area (Å²) in [7, 11) is 0. The molecule has 110 valence electrons. The van der Waals surface area contributed by atoms with Crippen LogP contribution in [0.4, 0.5) is 0 Å². The Morgan fingerprint density at radius 3 is 2.58 bits per heavy atom. The van der Waals surface area contributed by atoms with Crippen molar-refractivity contribution in [3.63, 3.8) is 0 Å². The largest absolute Gasteiger partial charge is 0.379 e. The van der Waals surface area contributed by atoms with Gasteiger partial charge in [0.1, 0.15) is 0 Å². The van der Waals surface area contributed by atoms with E-state index < -0.39 is 0 Å². The molecule has 19 heavy (non-hydrogen) atoms. The van der Waals surface area contributed by atoms with Gasteiger partial charge in [-0.25, -0.2) is 0 Å². The summed E-state index contributed by atoms with van der Waals surface area (Å²) in [5, 5.41) is 3.44. The maximum atomic E-state index is 12.4. The number of amides is 1. The van der Waals surface area contributed by atoms with Crippen LogP contribution in [0.1, 0.15) is 33.6 Å². The smallest absolute Gasteiger partial charge is 0.241 e. The lowest BCUT2D eigenvalue weighted by atomic mass is 10.2. The number of hydrogen-bond acceptors (Lipinski definition) is 4. The summed E-state index contributed by atoms with van der Waals surface area (Å²) in [6.07, 6.45) is 2.04. The van der Waals surface area contributed by atoms with Crippen LogP contribution in [0.15, 0.2) is 0 Å². The lowest BCUT2D eigenvalue weighted by Gasteiger charge is -2.35. The Balaban J connectivity index is 1.95. The van der Waals surface area contributed by atoms with Gasteiger partial charge < -0.3 is 9.64 Å². The number of carbonyl (C=O) groups excluding carboxylic acids is 1. The van der Waals surface area contributed by atoms with Gasteiger partial charge in [-0.3, -0.25) is 15.0 Å². The van der Waals surface area contributed by atoms with Crippen LogP contribution in [-0.4, -0.2) is 66.8 Å². The highest BCUT2D eigenvalue weighted by Crippen LogP contribution is 2.19. The quantitative estimate of drug-likeness (QED) is 0.796. The van der Waals surface area contributed by atoms with Gasteiger partial charge in [0, 0.05) is 25.7 Å². The van der Waals surface area contributed by atoms with Crippen molar-refractivity contribution in [1.82, 2.24) is 15.1 Å². The molecule has 0 bridgehead atoms. The van der Waals surface area contributed by atoms with E-state index in [1.165, 1.54) is 0 Å². The first kappa shape index (κ1) is 14.8. The second kappa shape index (κ2) is 6.68. The van der Waals surface area contributed by atoms with Crippen LogP contribution in [0.2, 0.25) is 0 Å². The van der Waals surface area contributed by atoms with Crippen molar-refractivity contribution < 1.29 is 9.53 Å². The number of morpholine rings is 1. The summed E-state index contributed by atoms with van der Waals surface area (Å²) in [6, 6.07) is 0.275. The van der Waals surface area contributed by atoms with Crippen LogP contribution in [0.25, 0.3) is 0 Å². The van der Waals surface area contributed by atoms with Gasteiger partial charge in [-0.05, 0) is 19.8 Å². The minimum atomic E-state index is 0.0112. The highest BCUT2D eigenvalue weighted by molar-refractivity contribution is 5.84. The zero-order valence-corrected chi connectivity index (χ0v) is 12.4. The number of rotatable bonds is 5. The monoisotopic (exact) mass is 269 g/mol. The molecule has 2 fully saturated rings. The molecule has 2 aliphatic heterocycles. The predicted octanol–water partition coefficient (Wildman–Crippen LogP) is 0.654. The third kappa shape index (κ3) is 3.27. The van der Waals surface area contributed by atoms with Crippen LogP contribution in [0.5, 0.6) is 0 Å². The van der Waals surface area contributed by atoms with Crippen LogP contribution in [0.3, 0.4) is 0 Å². The molecule has 0 radical (unpaired) electrons. The Kier molecular flexibility index (Phi) is 5.19. The molecule has 2 rings (SSSR count). The summed E-state index contributed by atoms with van der Waals surface area (Å²) in [4.78, 5) is 16.9. The van der Waals surface area contributed by atoms with E-state index >= 15 is 0 Å². The highest BCUT2D eigenvalue weighted by Gasteiger charge is 2.39. The fourth-order valence-corrected chi connectivity index (χ4v) is 3.09. The molecule has 3 atom stereocenters. The molecule has 2 heterocycles. The van der Waals surface area contributed by atoms with Gasteiger partial charge in [0.25, 0.3) is 0 Å². The van der Waals surface area contributed by atoms with Gasteiger partial charge in [-0.2, -0.15) is 0 Å². The Morgan fingerprint density at radius 1 is 1.32 bits per heavy atom. The van der Waals surface area contributed by atoms with Crippen molar-refractivity contribution in [2.45, 2.75) is 51.9 Å². The molecular formula is C14H27N3O2. The summed E-state index contributed by atoms with van der Waals surface area (Å²) < 4.78 is 5.37. The van der Waals surface area contributed by atoms with Crippen molar-refractivity contribution in [3.05, 3.63) is 0 Å². The van der Waals surface area contributed by atoms with Crippen molar-refractivity contribution in [2.75, 3.05) is 32.8 Å². The third-order valence-electron chi connectivity index (χ3n) is 4.18. The Hall–Kier alpha value is -0.650. The van der Waals surface area contributed by atoms with Gasteiger partial charge >= 0.3 is 0 Å². The van der Waals surface area contributed by atoms with Crippen LogP contribution < -0.4 is 5.32 Å². The summed E-state index contributed by atoms with van der Waals surface area (Å²) in [6.45, 7) is 10.9. The lowest BCUT2D eigenvalue weighted by molar-refractivity contribution is -0.132. The van der Waals surface area contributed by atoms with E-state index in [9.17, 15) is 4.79 Å². The van der Waals surface area contributed by atoms with Crippen LogP contribution in [-0.2, 0) is 9.53 Å². The number of nitrogens with zero attached hydrogens (tertiary/aromatic N) is 2. The number of carbonyl (C=O) groups is 1. The second-order valence-corrected chi connectivity index (χ2v) is 5.56. The van der Waals surface area contributed by atoms with Crippen LogP contribution in [0, 0.1) is 0 Å². The van der Waals surface area contributed by atoms with E-state index in [1.54, 1.807) is 0 Å². The van der Waals surface area contributed by atoms with Gasteiger partial charge in [-0.1, -0.05) is 13.8 Å². The standard InChI is InChI=1S/C14H27N3O2/c1-4-12-14(18)17(13(5-2)15-12)11(3)10-16-6-8-19-9-7-16/h11-13,15H,4-10H2,1-3H3. The molecule has 0 aromatic carbocycles. The molecule has 0 spiro atoms. The molecule has 0 aromatic rings. The summed E-state index contributed by atoms with van der Waals surface area (Å²) >= 11 is 0. The average molecular weight is 269 g/mol. The predicted molar refractivity (Wildman–Crippen MR) is 74.9 cm³/mol. The first-order chi connectivity index (χ1) is 9.17. The van der Waals surface area contributed by atoms with Crippen molar-refractivity contribution in [2.24, 2.45) is 0 Å². The van der Waals surface area contributed by atoms with E-state index in [4.69, 9.17) is 4.74 Å². The van der Waals surface area contributed by atoms with E-state index in [0.717, 1.165) is 45.7 Å². The zero-order valence-electron chi connectivity index (χ0n) is 12.4. The zero-order chi connectivity index (χ0) is 13.8. The highest BCUT2D eigenvalue weighted by atomic mass is 16.5. The molecule has 5 heteroatoms. The topological polar surface area (TPSA) is 44.8 Å². The van der Waals surface area contributed by atoms with E-state index in [0.29, 0.717) is 0 Å². The van der Waals surface area contributed by atoms with Crippen molar-refractivity contribution in [1.29, 1.82) is 0 Å². The molecule has 0 aliphatic carbocycles. The fraction of sp³-hybridized carbons (Fsp3) is 0.929. The molecule has 1 N–H and O–H groups in total. The lowest BCUT2D eigenvalue weighted by Crippen LogP contribution is -2.50. The molecule has 5 nitrogen and oxygen atoms in total. The van der Waals surface area contributed by atoms with E-state index in [2.05, 4.69) is 35.9 Å². The number of hydrogen-bond donors (Lipinski definition) is 1. The normalized spacial score (nSPS) is 30.9. The summed E-state index contributed by atoms with van der Waals surface area (Å²) in [5.74, 6) is 0.273. The minimum absolute atomic E-state index is 0.0112. The molecule has 2 saturated heterocycles. The average Bonchev–Trinajstić information content (AvgIpc) is 2.76. The Labute approximate surface area is 116 Å². The van der Waals surface area contributed by atoms with Gasteiger partial charge in [0.2, 0.25) is 5.91 Å². The second-order valence-electron chi connectivity index (χ2n) is 5.56. The van der Waals surface area contributed by atoms with Crippen molar-refractivity contribution in [3.8, 4) is 0 Å². The van der Waals surface area contributed by atoms with Gasteiger partial charge in [0.05, 0.1) is 25.4 Å². The molecule has 1 amide bonds. The Morgan fingerprint density at radius 2 is 2.00 bits per heavy atom. The molecule has 2 aliphatic rings. The SMILES string of the molecule is CCC1NC(CC)N(C(C)CN2CCOCC2)C1=O. The fourth-order valence-electron chi connectivity index (χ4n) is 3.09. The molecule has 3 unspecified atom stereocenters. The first-order valence-corrected chi connectivity index (χ1v) is 7.55. The van der Waals surface area contributed by atoms with Crippen LogP contribution >= 0.6 is 0 Å². The molecular weight excluding hydrogens is 242 g/mol. The number of ether oxygens (including phenoxy) is 1. The maximum Gasteiger partial charge on any atom is 0.241 e. The number of nitrogens with one attached hydrogen (secondary N) is 1.